The Morgan fingerprint density at radius 3 is 2.82 bits per heavy atom. The van der Waals surface area contributed by atoms with Crippen LogP contribution in [0.25, 0.3) is 10.9 Å². The maximum Gasteiger partial charge on any atom is 0.245 e. The zero-order valence-electron chi connectivity index (χ0n) is 15.4. The summed E-state index contributed by atoms with van der Waals surface area (Å²) in [5.41, 5.74) is 5.20. The number of para-hydroxylation sites is 1. The monoisotopic (exact) mass is 376 g/mol. The molecule has 1 aliphatic rings. The van der Waals surface area contributed by atoms with Crippen LogP contribution in [0, 0.1) is 5.92 Å². The van der Waals surface area contributed by atoms with Crippen LogP contribution >= 0.6 is 0 Å². The quantitative estimate of drug-likeness (QED) is 0.530. The topological polar surface area (TPSA) is 86.8 Å². The molecule has 1 aliphatic heterocycles. The predicted molar refractivity (Wildman–Crippen MR) is 107 cm³/mol. The van der Waals surface area contributed by atoms with E-state index >= 15 is 0 Å². The number of hydrazone groups is 1. The van der Waals surface area contributed by atoms with Crippen molar-refractivity contribution >= 4 is 34.6 Å². The van der Waals surface area contributed by atoms with E-state index in [1.165, 1.54) is 0 Å². The van der Waals surface area contributed by atoms with E-state index in [1.807, 2.05) is 42.6 Å². The van der Waals surface area contributed by atoms with Crippen molar-refractivity contribution in [3.05, 3.63) is 60.3 Å². The number of aromatic nitrogens is 1. The third kappa shape index (κ3) is 3.46. The van der Waals surface area contributed by atoms with Gasteiger partial charge in [0, 0.05) is 41.3 Å². The minimum atomic E-state index is -0.435. The molecular weight excluding hydrogens is 356 g/mol. The number of hydrogen-bond donors (Lipinski definition) is 2. The molecular formula is C21H20N4O3. The summed E-state index contributed by atoms with van der Waals surface area (Å²) >= 11 is 0. The first-order valence-corrected chi connectivity index (χ1v) is 8.99. The second kappa shape index (κ2) is 7.56. The Labute approximate surface area is 162 Å². The molecule has 1 saturated heterocycles. The number of H-pyrrole nitrogens is 1. The van der Waals surface area contributed by atoms with Gasteiger partial charge in [-0.15, -0.1) is 0 Å². The lowest BCUT2D eigenvalue weighted by atomic mass is 10.1. The van der Waals surface area contributed by atoms with Crippen LogP contribution in [0.2, 0.25) is 0 Å². The molecule has 0 unspecified atom stereocenters. The number of nitrogens with zero attached hydrogens (tertiary/aromatic N) is 2. The first-order chi connectivity index (χ1) is 13.7. The summed E-state index contributed by atoms with van der Waals surface area (Å²) in [5.74, 6) is -0.0580. The minimum Gasteiger partial charge on any atom is -0.497 e. The first kappa shape index (κ1) is 17.8. The SMILES string of the molecule is COc1ccc(N2C[C@H](C(=O)N/N=C\c3c[nH]c4ccccc34)CC2=O)cc1. The fourth-order valence-electron chi connectivity index (χ4n) is 3.35. The maximum absolute atomic E-state index is 12.4. The van der Waals surface area contributed by atoms with Gasteiger partial charge in [-0.3, -0.25) is 9.59 Å². The molecule has 3 aromatic rings. The van der Waals surface area contributed by atoms with Crippen molar-refractivity contribution in [2.24, 2.45) is 11.0 Å². The van der Waals surface area contributed by atoms with Gasteiger partial charge in [-0.05, 0) is 30.3 Å². The molecule has 0 bridgehead atoms. The number of anilines is 1. The van der Waals surface area contributed by atoms with Crippen molar-refractivity contribution in [1.82, 2.24) is 10.4 Å². The number of amides is 2. The van der Waals surface area contributed by atoms with Gasteiger partial charge in [-0.2, -0.15) is 5.10 Å². The largest absolute Gasteiger partial charge is 0.497 e. The number of nitrogens with one attached hydrogen (secondary N) is 2. The van der Waals surface area contributed by atoms with Gasteiger partial charge in [-0.25, -0.2) is 5.43 Å². The van der Waals surface area contributed by atoms with Crippen molar-refractivity contribution < 1.29 is 14.3 Å². The van der Waals surface area contributed by atoms with Gasteiger partial charge in [0.1, 0.15) is 5.75 Å². The van der Waals surface area contributed by atoms with Crippen LogP contribution in [0.5, 0.6) is 5.75 Å². The minimum absolute atomic E-state index is 0.0778. The van der Waals surface area contributed by atoms with Crippen LogP contribution in [-0.2, 0) is 9.59 Å². The van der Waals surface area contributed by atoms with E-state index in [4.69, 9.17) is 4.74 Å². The molecule has 2 amide bonds. The summed E-state index contributed by atoms with van der Waals surface area (Å²) in [4.78, 5) is 29.5. The normalized spacial score (nSPS) is 16.8. The number of benzene rings is 2. The van der Waals surface area contributed by atoms with Crippen LogP contribution < -0.4 is 15.1 Å². The summed E-state index contributed by atoms with van der Waals surface area (Å²) in [6, 6.07) is 15.1. The third-order valence-electron chi connectivity index (χ3n) is 4.88. The second-order valence-corrected chi connectivity index (χ2v) is 6.63. The van der Waals surface area contributed by atoms with Gasteiger partial charge >= 0.3 is 0 Å². The molecule has 0 saturated carbocycles. The van der Waals surface area contributed by atoms with Crippen LogP contribution in [-0.4, -0.2) is 36.7 Å². The number of fused-ring (bicyclic) bond motifs is 1. The standard InChI is InChI=1S/C21H20N4O3/c1-28-17-8-6-16(7-9-17)25-13-14(10-20(25)26)21(27)24-23-12-15-11-22-19-5-3-2-4-18(15)19/h2-9,11-12,14,22H,10,13H2,1H3,(H,24,27)/b23-12-/t14-/m1/s1. The molecule has 0 radical (unpaired) electrons. The summed E-state index contributed by atoms with van der Waals surface area (Å²) < 4.78 is 5.13. The number of rotatable bonds is 5. The van der Waals surface area contributed by atoms with Gasteiger partial charge in [-0.1, -0.05) is 18.2 Å². The highest BCUT2D eigenvalue weighted by Gasteiger charge is 2.35. The highest BCUT2D eigenvalue weighted by molar-refractivity contribution is 6.01. The number of carbonyl (C=O) groups is 2. The second-order valence-electron chi connectivity index (χ2n) is 6.63. The van der Waals surface area contributed by atoms with Gasteiger partial charge in [0.2, 0.25) is 11.8 Å². The maximum atomic E-state index is 12.4. The molecule has 1 fully saturated rings. The zero-order chi connectivity index (χ0) is 19.5. The van der Waals surface area contributed by atoms with Crippen LogP contribution in [0.1, 0.15) is 12.0 Å². The smallest absolute Gasteiger partial charge is 0.245 e. The van der Waals surface area contributed by atoms with Crippen molar-refractivity contribution in [2.75, 3.05) is 18.6 Å². The summed E-state index contributed by atoms with van der Waals surface area (Å²) in [7, 11) is 1.59. The van der Waals surface area contributed by atoms with E-state index in [1.54, 1.807) is 30.4 Å². The van der Waals surface area contributed by atoms with Crippen molar-refractivity contribution in [1.29, 1.82) is 0 Å². The summed E-state index contributed by atoms with van der Waals surface area (Å²) in [6.07, 6.45) is 3.61. The van der Waals surface area contributed by atoms with Gasteiger partial charge in [0.15, 0.2) is 0 Å². The molecule has 142 valence electrons. The van der Waals surface area contributed by atoms with Crippen molar-refractivity contribution in [3.63, 3.8) is 0 Å². The molecule has 7 heteroatoms. The van der Waals surface area contributed by atoms with Gasteiger partial charge in [0.05, 0.1) is 19.2 Å². The van der Waals surface area contributed by atoms with E-state index in [9.17, 15) is 9.59 Å². The molecule has 1 aromatic heterocycles. The zero-order valence-corrected chi connectivity index (χ0v) is 15.4. The number of aromatic amines is 1. The average Bonchev–Trinajstić information content (AvgIpc) is 3.32. The molecule has 2 N–H and O–H groups in total. The lowest BCUT2D eigenvalue weighted by Gasteiger charge is -2.16. The van der Waals surface area contributed by atoms with E-state index < -0.39 is 5.92 Å². The molecule has 1 atom stereocenters. The van der Waals surface area contributed by atoms with E-state index in [0.29, 0.717) is 6.54 Å². The van der Waals surface area contributed by atoms with Gasteiger partial charge in [0.25, 0.3) is 0 Å². The molecule has 2 heterocycles. The number of carbonyl (C=O) groups excluding carboxylic acids is 2. The molecule has 0 aliphatic carbocycles. The number of methoxy groups -OCH3 is 1. The average molecular weight is 376 g/mol. The first-order valence-electron chi connectivity index (χ1n) is 8.99. The number of ether oxygens (including phenoxy) is 1. The molecule has 4 rings (SSSR count). The van der Waals surface area contributed by atoms with Crippen LogP contribution in [0.3, 0.4) is 0 Å². The Kier molecular flexibility index (Phi) is 4.80. The highest BCUT2D eigenvalue weighted by atomic mass is 16.5. The third-order valence-corrected chi connectivity index (χ3v) is 4.88. The lowest BCUT2D eigenvalue weighted by Crippen LogP contribution is -2.30. The van der Waals surface area contributed by atoms with E-state index in [-0.39, 0.29) is 18.2 Å². The summed E-state index contributed by atoms with van der Waals surface area (Å²) in [5, 5.41) is 5.09. The van der Waals surface area contributed by atoms with E-state index in [0.717, 1.165) is 27.9 Å². The molecule has 7 nitrogen and oxygen atoms in total. The fourth-order valence-corrected chi connectivity index (χ4v) is 3.35. The molecule has 28 heavy (non-hydrogen) atoms. The Bertz CT molecular complexity index is 1040. The fraction of sp³-hybridized carbons (Fsp3) is 0.190. The van der Waals surface area contributed by atoms with Crippen LogP contribution in [0.4, 0.5) is 5.69 Å². The molecule has 2 aromatic carbocycles. The predicted octanol–water partition coefficient (Wildman–Crippen LogP) is 2.68. The Morgan fingerprint density at radius 2 is 2.04 bits per heavy atom. The Hall–Kier alpha value is -3.61. The lowest BCUT2D eigenvalue weighted by molar-refractivity contribution is -0.126. The van der Waals surface area contributed by atoms with Crippen molar-refractivity contribution in [2.45, 2.75) is 6.42 Å². The Morgan fingerprint density at radius 1 is 1.25 bits per heavy atom. The van der Waals surface area contributed by atoms with Gasteiger partial charge < -0.3 is 14.6 Å². The number of hydrogen-bond acceptors (Lipinski definition) is 4. The summed E-state index contributed by atoms with van der Waals surface area (Å²) in [6.45, 7) is 0.333. The molecule has 0 spiro atoms. The highest BCUT2D eigenvalue weighted by Crippen LogP contribution is 2.27. The van der Waals surface area contributed by atoms with E-state index in [2.05, 4.69) is 15.5 Å². The Balaban J connectivity index is 1.39. The van der Waals surface area contributed by atoms with Crippen molar-refractivity contribution in [3.8, 4) is 5.75 Å². The van der Waals surface area contributed by atoms with Crippen LogP contribution in [0.15, 0.2) is 59.8 Å².